The van der Waals surface area contributed by atoms with Crippen LogP contribution in [0.15, 0.2) is 22.5 Å². The van der Waals surface area contributed by atoms with Crippen molar-refractivity contribution in [2.75, 3.05) is 44.7 Å². The van der Waals surface area contributed by atoms with Gasteiger partial charge in [0.15, 0.2) is 5.96 Å². The van der Waals surface area contributed by atoms with Crippen LogP contribution < -0.4 is 10.2 Å². The molecule has 1 aromatic rings. The lowest BCUT2D eigenvalue weighted by atomic mass is 10.1. The van der Waals surface area contributed by atoms with Crippen LogP contribution in [0, 0.1) is 5.92 Å². The Morgan fingerprint density at radius 2 is 2.07 bits per heavy atom. The molecule has 1 N–H and O–H groups in total. The number of imide groups is 1. The Kier molecular flexibility index (Phi) is 8.63. The molecule has 10 heteroatoms. The summed E-state index contributed by atoms with van der Waals surface area (Å²) < 4.78 is 0. The maximum absolute atomic E-state index is 12.6. The zero-order valence-electron chi connectivity index (χ0n) is 16.8. The summed E-state index contributed by atoms with van der Waals surface area (Å²) in [5.41, 5.74) is 0. The van der Waals surface area contributed by atoms with Crippen molar-refractivity contribution in [3.63, 3.8) is 0 Å². The number of halogens is 1. The van der Waals surface area contributed by atoms with Crippen LogP contribution in [-0.2, 0) is 14.4 Å². The van der Waals surface area contributed by atoms with Gasteiger partial charge < -0.3 is 15.1 Å². The zero-order chi connectivity index (χ0) is 20.1. The van der Waals surface area contributed by atoms with Gasteiger partial charge in [-0.25, -0.2) is 0 Å². The lowest BCUT2D eigenvalue weighted by Crippen LogP contribution is -2.55. The van der Waals surface area contributed by atoms with Gasteiger partial charge in [0.05, 0.1) is 17.5 Å². The smallest absolute Gasteiger partial charge is 0.247 e. The quantitative estimate of drug-likeness (QED) is 0.287. The molecule has 3 heterocycles. The van der Waals surface area contributed by atoms with E-state index in [2.05, 4.69) is 17.2 Å². The highest BCUT2D eigenvalue weighted by molar-refractivity contribution is 8.93. The number of carbonyl (C=O) groups excluding carboxylic acids is 3. The van der Waals surface area contributed by atoms with Crippen molar-refractivity contribution in [1.29, 1.82) is 0 Å². The van der Waals surface area contributed by atoms with Crippen LogP contribution >= 0.6 is 28.3 Å². The van der Waals surface area contributed by atoms with Crippen molar-refractivity contribution < 1.29 is 14.4 Å². The fourth-order valence-corrected chi connectivity index (χ4v) is 4.10. The maximum Gasteiger partial charge on any atom is 0.247 e. The first-order valence-corrected chi connectivity index (χ1v) is 10.6. The lowest BCUT2D eigenvalue weighted by Gasteiger charge is -2.35. The molecule has 1 unspecified atom stereocenters. The largest absolute Gasteiger partial charge is 0.356 e. The number of nitrogens with zero attached hydrogens (tertiary/aromatic N) is 4. The van der Waals surface area contributed by atoms with E-state index in [-0.39, 0.29) is 54.2 Å². The third kappa shape index (κ3) is 5.57. The molecule has 2 fully saturated rings. The number of likely N-dealkylation sites (tertiary alicyclic amines) is 1. The number of amides is 3. The second kappa shape index (κ2) is 10.7. The predicted molar refractivity (Wildman–Crippen MR) is 120 cm³/mol. The van der Waals surface area contributed by atoms with E-state index in [9.17, 15) is 14.4 Å². The second-order valence-corrected chi connectivity index (χ2v) is 7.98. The Morgan fingerprint density at radius 3 is 2.66 bits per heavy atom. The molecular formula is C19H28BrN5O3S. The third-order valence-corrected chi connectivity index (χ3v) is 5.93. The Labute approximate surface area is 185 Å². The number of nitrogens with one attached hydrogen (secondary N) is 1. The molecule has 0 bridgehead atoms. The van der Waals surface area contributed by atoms with Crippen molar-refractivity contribution in [2.45, 2.75) is 26.2 Å². The molecule has 0 aromatic carbocycles. The van der Waals surface area contributed by atoms with Crippen LogP contribution in [0.1, 0.15) is 26.2 Å². The van der Waals surface area contributed by atoms with Crippen molar-refractivity contribution in [3.05, 3.63) is 17.5 Å². The summed E-state index contributed by atoms with van der Waals surface area (Å²) in [4.78, 5) is 46.0. The van der Waals surface area contributed by atoms with E-state index in [4.69, 9.17) is 0 Å². The number of hydrogen-bond donors (Lipinski definition) is 1. The summed E-state index contributed by atoms with van der Waals surface area (Å²) >= 11 is 1.55. The Hall–Kier alpha value is -1.94. The Balaban J connectivity index is 0.00000300. The van der Waals surface area contributed by atoms with Gasteiger partial charge in [-0.1, -0.05) is 13.3 Å². The minimum atomic E-state index is -0.413. The first-order valence-electron chi connectivity index (χ1n) is 9.68. The fraction of sp³-hybridized carbons (Fsp3) is 0.579. The van der Waals surface area contributed by atoms with Crippen molar-refractivity contribution in [1.82, 2.24) is 15.1 Å². The second-order valence-electron chi connectivity index (χ2n) is 7.05. The molecule has 29 heavy (non-hydrogen) atoms. The number of aliphatic imine (C=N–C) groups is 1. The van der Waals surface area contributed by atoms with E-state index >= 15 is 0 Å². The molecule has 2 aliphatic heterocycles. The van der Waals surface area contributed by atoms with E-state index in [1.807, 2.05) is 22.4 Å². The van der Waals surface area contributed by atoms with E-state index < -0.39 is 5.92 Å². The molecule has 0 radical (unpaired) electrons. The summed E-state index contributed by atoms with van der Waals surface area (Å²) in [6.07, 6.45) is 2.24. The molecule has 0 saturated carbocycles. The summed E-state index contributed by atoms with van der Waals surface area (Å²) in [5.74, 6) is -0.0813. The molecule has 0 aliphatic carbocycles. The van der Waals surface area contributed by atoms with Crippen LogP contribution in [0.4, 0.5) is 5.00 Å². The molecule has 2 aliphatic rings. The highest BCUT2D eigenvalue weighted by Crippen LogP contribution is 2.23. The summed E-state index contributed by atoms with van der Waals surface area (Å²) in [7, 11) is 1.51. The number of anilines is 1. The summed E-state index contributed by atoms with van der Waals surface area (Å²) in [6.45, 7) is 4.62. The SMILES string of the molecule is Br.CCCCNC(=NCC1CC(=O)N(C)C1=O)N1CCN(c2cccs2)C(=O)C1. The molecule has 0 spiro atoms. The molecular weight excluding hydrogens is 458 g/mol. The predicted octanol–water partition coefficient (Wildman–Crippen LogP) is 1.73. The van der Waals surface area contributed by atoms with Crippen LogP contribution in [0.2, 0.25) is 0 Å². The van der Waals surface area contributed by atoms with Gasteiger partial charge in [-0.15, -0.1) is 28.3 Å². The topological polar surface area (TPSA) is 85.3 Å². The van der Waals surface area contributed by atoms with Crippen molar-refractivity contribution in [2.24, 2.45) is 10.9 Å². The monoisotopic (exact) mass is 485 g/mol. The number of unbranched alkanes of at least 4 members (excludes halogenated alkanes) is 1. The van der Waals surface area contributed by atoms with Crippen LogP contribution in [0.25, 0.3) is 0 Å². The number of thiophene rings is 1. The molecule has 2 saturated heterocycles. The van der Waals surface area contributed by atoms with Crippen LogP contribution in [0.5, 0.6) is 0 Å². The number of carbonyl (C=O) groups is 3. The minimum Gasteiger partial charge on any atom is -0.356 e. The zero-order valence-corrected chi connectivity index (χ0v) is 19.3. The van der Waals surface area contributed by atoms with Gasteiger partial charge in [0.1, 0.15) is 6.54 Å². The number of hydrogen-bond acceptors (Lipinski definition) is 5. The third-order valence-electron chi connectivity index (χ3n) is 5.04. The molecule has 1 aromatic heterocycles. The number of guanidine groups is 1. The molecule has 3 rings (SSSR count). The van der Waals surface area contributed by atoms with E-state index in [1.165, 1.54) is 11.9 Å². The van der Waals surface area contributed by atoms with Gasteiger partial charge in [0, 0.05) is 33.1 Å². The van der Waals surface area contributed by atoms with Crippen LogP contribution in [-0.4, -0.2) is 73.3 Å². The molecule has 8 nitrogen and oxygen atoms in total. The fourth-order valence-electron chi connectivity index (χ4n) is 3.33. The molecule has 3 amide bonds. The van der Waals surface area contributed by atoms with E-state index in [0.717, 1.165) is 24.4 Å². The first-order chi connectivity index (χ1) is 13.5. The number of rotatable bonds is 6. The average Bonchev–Trinajstić information content (AvgIpc) is 3.29. The standard InChI is InChI=1S/C19H27N5O3S.BrH/c1-3-4-7-20-19(21-12-14-11-15(25)22(2)18(14)27)23-8-9-24(16(26)13-23)17-6-5-10-28-17;/h5-6,10,14H,3-4,7-9,11-13H2,1-2H3,(H,20,21);1H. The van der Waals surface area contributed by atoms with Gasteiger partial charge >= 0.3 is 0 Å². The van der Waals surface area contributed by atoms with Crippen LogP contribution in [0.3, 0.4) is 0 Å². The molecule has 1 atom stereocenters. The average molecular weight is 486 g/mol. The van der Waals surface area contributed by atoms with Gasteiger partial charge in [0.25, 0.3) is 0 Å². The van der Waals surface area contributed by atoms with Gasteiger partial charge in [-0.2, -0.15) is 0 Å². The number of piperazine rings is 1. The highest BCUT2D eigenvalue weighted by atomic mass is 79.9. The van der Waals surface area contributed by atoms with E-state index in [0.29, 0.717) is 19.0 Å². The van der Waals surface area contributed by atoms with Gasteiger partial charge in [0.2, 0.25) is 17.7 Å². The highest BCUT2D eigenvalue weighted by Gasteiger charge is 2.36. The summed E-state index contributed by atoms with van der Waals surface area (Å²) in [5, 5.41) is 6.24. The Bertz CT molecular complexity index is 755. The van der Waals surface area contributed by atoms with Crippen molar-refractivity contribution >= 4 is 57.0 Å². The maximum atomic E-state index is 12.6. The Morgan fingerprint density at radius 1 is 1.28 bits per heavy atom. The van der Waals surface area contributed by atoms with Gasteiger partial charge in [-0.3, -0.25) is 24.3 Å². The minimum absolute atomic E-state index is 0. The van der Waals surface area contributed by atoms with Crippen molar-refractivity contribution in [3.8, 4) is 0 Å². The summed E-state index contributed by atoms with van der Waals surface area (Å²) in [6, 6.07) is 3.89. The van der Waals surface area contributed by atoms with Gasteiger partial charge in [-0.05, 0) is 23.9 Å². The normalized spacial score (nSPS) is 20.3. The lowest BCUT2D eigenvalue weighted by molar-refractivity contribution is -0.137. The first kappa shape index (κ1) is 23.3. The van der Waals surface area contributed by atoms with E-state index in [1.54, 1.807) is 16.2 Å². The molecule has 160 valence electrons.